The van der Waals surface area contributed by atoms with E-state index in [1.54, 1.807) is 11.3 Å². The molecule has 1 rings (SSSR count). The van der Waals surface area contributed by atoms with Crippen molar-refractivity contribution in [3.05, 3.63) is 16.1 Å². The van der Waals surface area contributed by atoms with Gasteiger partial charge in [-0.05, 0) is 18.8 Å². The first-order chi connectivity index (χ1) is 8.52. The minimum atomic E-state index is -0.396. The zero-order chi connectivity index (χ0) is 13.5. The molecule has 7 heteroatoms. The number of aromatic nitrogens is 1. The third-order valence-electron chi connectivity index (χ3n) is 2.65. The highest BCUT2D eigenvalue weighted by atomic mass is 35.5. The Labute approximate surface area is 137 Å². The quantitative estimate of drug-likeness (QED) is 0.800. The zero-order valence-electron chi connectivity index (χ0n) is 12.2. The molecule has 0 aliphatic heterocycles. The first-order valence-electron chi connectivity index (χ1n) is 6.49. The van der Waals surface area contributed by atoms with Gasteiger partial charge in [0.25, 0.3) is 0 Å². The molecule has 1 aromatic heterocycles. The molecule has 0 saturated heterocycles. The molecule has 4 nitrogen and oxygen atoms in total. The van der Waals surface area contributed by atoms with E-state index in [1.807, 2.05) is 6.20 Å². The van der Waals surface area contributed by atoms with Crippen LogP contribution in [-0.2, 0) is 17.6 Å². The summed E-state index contributed by atoms with van der Waals surface area (Å²) in [6.07, 6.45) is 4.43. The summed E-state index contributed by atoms with van der Waals surface area (Å²) in [5, 5.41) is 3.94. The number of hydrogen-bond donors (Lipinski definition) is 2. The Hall–Kier alpha value is -0.360. The highest BCUT2D eigenvalue weighted by molar-refractivity contribution is 7.11. The highest BCUT2D eigenvalue weighted by Crippen LogP contribution is 2.13. The Bertz CT molecular complexity index is 385. The normalized spacial score (nSPS) is 11.4. The van der Waals surface area contributed by atoms with E-state index >= 15 is 0 Å². The lowest BCUT2D eigenvalue weighted by molar-refractivity contribution is -0.122. The average molecular weight is 342 g/mol. The van der Waals surface area contributed by atoms with Gasteiger partial charge in [0.1, 0.15) is 0 Å². The molecule has 0 aromatic carbocycles. The van der Waals surface area contributed by atoms with Crippen LogP contribution >= 0.6 is 36.2 Å². The van der Waals surface area contributed by atoms with Crippen molar-refractivity contribution in [1.82, 2.24) is 10.3 Å². The van der Waals surface area contributed by atoms with Crippen molar-refractivity contribution < 1.29 is 4.79 Å². The number of aryl methyl sites for hydroxylation is 1. The van der Waals surface area contributed by atoms with E-state index in [0.29, 0.717) is 12.5 Å². The van der Waals surface area contributed by atoms with E-state index in [-0.39, 0.29) is 30.7 Å². The van der Waals surface area contributed by atoms with Crippen LogP contribution in [0.5, 0.6) is 0 Å². The fourth-order valence-corrected chi connectivity index (χ4v) is 2.53. The molecule has 0 unspecified atom stereocenters. The number of rotatable bonds is 7. The average Bonchev–Trinajstić information content (AvgIpc) is 2.76. The first-order valence-corrected chi connectivity index (χ1v) is 7.31. The Morgan fingerprint density at radius 1 is 1.45 bits per heavy atom. The van der Waals surface area contributed by atoms with Crippen LogP contribution in [0.1, 0.15) is 37.1 Å². The molecule has 0 radical (unpaired) electrons. The van der Waals surface area contributed by atoms with Gasteiger partial charge in [0.05, 0.1) is 11.0 Å². The molecule has 20 heavy (non-hydrogen) atoms. The molecule has 0 aliphatic rings. The number of nitrogens with one attached hydrogen (secondary N) is 1. The summed E-state index contributed by atoms with van der Waals surface area (Å²) in [6.45, 7) is 6.86. The van der Waals surface area contributed by atoms with Crippen LogP contribution in [0.4, 0.5) is 0 Å². The van der Waals surface area contributed by atoms with Gasteiger partial charge in [-0.1, -0.05) is 20.8 Å². The maximum absolute atomic E-state index is 11.7. The van der Waals surface area contributed by atoms with Crippen LogP contribution in [0.3, 0.4) is 0 Å². The van der Waals surface area contributed by atoms with E-state index in [1.165, 1.54) is 4.88 Å². The topological polar surface area (TPSA) is 68.0 Å². The van der Waals surface area contributed by atoms with Gasteiger partial charge in [0, 0.05) is 24.0 Å². The van der Waals surface area contributed by atoms with Gasteiger partial charge in [0.2, 0.25) is 5.91 Å². The molecule has 1 heterocycles. The van der Waals surface area contributed by atoms with Gasteiger partial charge in [-0.25, -0.2) is 4.98 Å². The van der Waals surface area contributed by atoms with Gasteiger partial charge in [-0.2, -0.15) is 0 Å². The van der Waals surface area contributed by atoms with Crippen LogP contribution in [0, 0.1) is 5.92 Å². The van der Waals surface area contributed by atoms with E-state index in [4.69, 9.17) is 5.73 Å². The van der Waals surface area contributed by atoms with Gasteiger partial charge >= 0.3 is 0 Å². The molecule has 0 spiro atoms. The van der Waals surface area contributed by atoms with Crippen LogP contribution in [-0.4, -0.2) is 23.5 Å². The number of thiazole rings is 1. The van der Waals surface area contributed by atoms with Gasteiger partial charge < -0.3 is 11.1 Å². The number of amides is 1. The predicted molar refractivity (Wildman–Crippen MR) is 90.1 cm³/mol. The van der Waals surface area contributed by atoms with Gasteiger partial charge in [-0.15, -0.1) is 36.2 Å². The molecule has 1 atom stereocenters. The molecule has 118 valence electrons. The second kappa shape index (κ2) is 11.3. The van der Waals surface area contributed by atoms with E-state index in [9.17, 15) is 4.79 Å². The van der Waals surface area contributed by atoms with E-state index in [0.717, 1.165) is 24.3 Å². The number of nitrogens with two attached hydrogens (primary N) is 1. The number of hydrogen-bond acceptors (Lipinski definition) is 4. The van der Waals surface area contributed by atoms with Crippen molar-refractivity contribution in [3.8, 4) is 0 Å². The lowest BCUT2D eigenvalue weighted by Crippen LogP contribution is -2.42. The number of carbonyl (C=O) groups excluding carboxylic acids is 1. The summed E-state index contributed by atoms with van der Waals surface area (Å²) in [5.74, 6) is 0.382. The smallest absolute Gasteiger partial charge is 0.236 e. The number of halogens is 2. The molecule has 0 saturated carbocycles. The maximum Gasteiger partial charge on any atom is 0.236 e. The number of nitrogens with zero attached hydrogens (tertiary/aromatic N) is 1. The van der Waals surface area contributed by atoms with Crippen molar-refractivity contribution in [3.63, 3.8) is 0 Å². The second-order valence-electron chi connectivity index (χ2n) is 4.85. The van der Waals surface area contributed by atoms with Crippen LogP contribution < -0.4 is 11.1 Å². The molecule has 0 fully saturated rings. The second-order valence-corrected chi connectivity index (χ2v) is 6.05. The Kier molecular flexibility index (Phi) is 12.4. The van der Waals surface area contributed by atoms with E-state index in [2.05, 4.69) is 31.1 Å². The fraction of sp³-hybridized carbons (Fsp3) is 0.692. The summed E-state index contributed by atoms with van der Waals surface area (Å²) in [6, 6.07) is -0.396. The third-order valence-corrected chi connectivity index (χ3v) is 3.85. The molecule has 0 bridgehead atoms. The molecule has 0 aliphatic carbocycles. The van der Waals surface area contributed by atoms with Crippen molar-refractivity contribution in [1.29, 1.82) is 0 Å². The highest BCUT2D eigenvalue weighted by Gasteiger charge is 2.14. The lowest BCUT2D eigenvalue weighted by Gasteiger charge is -2.13. The van der Waals surface area contributed by atoms with E-state index < -0.39 is 6.04 Å². The van der Waals surface area contributed by atoms with Crippen molar-refractivity contribution in [2.24, 2.45) is 11.7 Å². The Morgan fingerprint density at radius 3 is 2.60 bits per heavy atom. The first kappa shape index (κ1) is 21.9. The minimum absolute atomic E-state index is 0. The third kappa shape index (κ3) is 8.04. The van der Waals surface area contributed by atoms with Gasteiger partial charge in [-0.3, -0.25) is 4.79 Å². The summed E-state index contributed by atoms with van der Waals surface area (Å²) in [5.41, 5.74) is 5.80. The molecule has 1 amide bonds. The monoisotopic (exact) mass is 341 g/mol. The van der Waals surface area contributed by atoms with Crippen molar-refractivity contribution >= 4 is 42.1 Å². The molecular formula is C13H25Cl2N3OS. The molecule has 3 N–H and O–H groups in total. The van der Waals surface area contributed by atoms with Crippen LogP contribution in [0.25, 0.3) is 0 Å². The van der Waals surface area contributed by atoms with Crippen molar-refractivity contribution in [2.75, 3.05) is 6.54 Å². The summed E-state index contributed by atoms with van der Waals surface area (Å²) in [7, 11) is 0. The summed E-state index contributed by atoms with van der Waals surface area (Å²) >= 11 is 1.71. The van der Waals surface area contributed by atoms with Gasteiger partial charge in [0.15, 0.2) is 0 Å². The molecule has 1 aromatic rings. The minimum Gasteiger partial charge on any atom is -0.354 e. The zero-order valence-corrected chi connectivity index (χ0v) is 14.7. The number of carbonyl (C=O) groups is 1. The van der Waals surface area contributed by atoms with Crippen LogP contribution in [0.2, 0.25) is 0 Å². The fourth-order valence-electron chi connectivity index (χ4n) is 1.67. The van der Waals surface area contributed by atoms with Crippen molar-refractivity contribution in [2.45, 2.75) is 46.1 Å². The largest absolute Gasteiger partial charge is 0.354 e. The standard InChI is InChI=1S/C13H23N3OS.2ClH/c1-4-10-8-16-12(18-10)5-6-15-13(17)11(14)7-9(2)3;;/h8-9,11H,4-7,14H2,1-3H3,(H,15,17);2*1H/t11-;;/m0../s1. The Balaban J connectivity index is 0. The van der Waals surface area contributed by atoms with Crippen LogP contribution in [0.15, 0.2) is 6.20 Å². The lowest BCUT2D eigenvalue weighted by atomic mass is 10.0. The molecular weight excluding hydrogens is 317 g/mol. The Morgan fingerprint density at radius 2 is 2.10 bits per heavy atom. The summed E-state index contributed by atoms with van der Waals surface area (Å²) < 4.78 is 0. The maximum atomic E-state index is 11.7. The predicted octanol–water partition coefficient (Wildman–Crippen LogP) is 2.58. The SMILES string of the molecule is CCc1cnc(CCNC(=O)[C@@H](N)CC(C)C)s1.Cl.Cl. The summed E-state index contributed by atoms with van der Waals surface area (Å²) in [4.78, 5) is 17.3.